The maximum atomic E-state index is 12.9. The first-order valence-corrected chi connectivity index (χ1v) is 11.2. The molecule has 0 bridgehead atoms. The van der Waals surface area contributed by atoms with Gasteiger partial charge in [-0.2, -0.15) is 0 Å². The molecule has 0 radical (unpaired) electrons. The van der Waals surface area contributed by atoms with Gasteiger partial charge in [-0.15, -0.1) is 0 Å². The minimum absolute atomic E-state index is 0.0485. The fraction of sp³-hybridized carbons (Fsp3) is 0.120. The Bertz CT molecular complexity index is 1470. The van der Waals surface area contributed by atoms with E-state index >= 15 is 0 Å². The SMILES string of the molecule is O=C(Oc1cccc(N2C(=O)c3cccc([N+](=O)[O-])c3C2=O)c1)[C@@H]1CC(=O)N(c2cccc(Cl)c2)C1. The van der Waals surface area contributed by atoms with Gasteiger partial charge in [0.1, 0.15) is 11.3 Å². The third-order valence-corrected chi connectivity index (χ3v) is 6.20. The minimum atomic E-state index is -0.843. The summed E-state index contributed by atoms with van der Waals surface area (Å²) in [5.74, 6) is -3.15. The number of ether oxygens (including phenoxy) is 1. The van der Waals surface area contributed by atoms with E-state index in [0.29, 0.717) is 10.7 Å². The molecule has 1 atom stereocenters. The fourth-order valence-corrected chi connectivity index (χ4v) is 4.48. The van der Waals surface area contributed by atoms with E-state index < -0.39 is 34.3 Å². The number of benzene rings is 3. The lowest BCUT2D eigenvalue weighted by Gasteiger charge is -2.17. The van der Waals surface area contributed by atoms with E-state index in [1.54, 1.807) is 24.3 Å². The highest BCUT2D eigenvalue weighted by molar-refractivity contribution is 6.35. The Labute approximate surface area is 208 Å². The Morgan fingerprint density at radius 1 is 0.972 bits per heavy atom. The summed E-state index contributed by atoms with van der Waals surface area (Å²) >= 11 is 6.01. The average Bonchev–Trinajstić information content (AvgIpc) is 3.36. The molecule has 11 heteroatoms. The van der Waals surface area contributed by atoms with E-state index in [0.717, 1.165) is 11.0 Å². The molecule has 1 saturated heterocycles. The van der Waals surface area contributed by atoms with Gasteiger partial charge in [0.25, 0.3) is 17.5 Å². The summed E-state index contributed by atoms with van der Waals surface area (Å²) in [6, 6.07) is 16.3. The van der Waals surface area contributed by atoms with Crippen LogP contribution in [0.5, 0.6) is 5.75 Å². The van der Waals surface area contributed by atoms with E-state index in [4.69, 9.17) is 16.3 Å². The van der Waals surface area contributed by atoms with Crippen LogP contribution in [-0.2, 0) is 9.59 Å². The molecule has 0 aliphatic carbocycles. The molecule has 1 fully saturated rings. The molecule has 0 N–H and O–H groups in total. The molecule has 2 heterocycles. The second-order valence-electron chi connectivity index (χ2n) is 8.21. The van der Waals surface area contributed by atoms with Gasteiger partial charge < -0.3 is 9.64 Å². The molecule has 180 valence electrons. The van der Waals surface area contributed by atoms with E-state index in [1.807, 2.05) is 0 Å². The number of esters is 1. The van der Waals surface area contributed by atoms with Crippen LogP contribution in [0, 0.1) is 16.0 Å². The van der Waals surface area contributed by atoms with Crippen molar-refractivity contribution in [2.24, 2.45) is 5.92 Å². The fourth-order valence-electron chi connectivity index (χ4n) is 4.30. The molecule has 36 heavy (non-hydrogen) atoms. The van der Waals surface area contributed by atoms with Crippen LogP contribution in [0.2, 0.25) is 5.02 Å². The molecule has 0 saturated carbocycles. The van der Waals surface area contributed by atoms with Gasteiger partial charge in [0.2, 0.25) is 5.91 Å². The van der Waals surface area contributed by atoms with Crippen LogP contribution < -0.4 is 14.5 Å². The van der Waals surface area contributed by atoms with Crippen molar-refractivity contribution in [3.8, 4) is 5.75 Å². The first-order chi connectivity index (χ1) is 17.2. The summed E-state index contributed by atoms with van der Waals surface area (Å²) in [5.41, 5.74) is -0.179. The van der Waals surface area contributed by atoms with Crippen LogP contribution >= 0.6 is 11.6 Å². The number of imide groups is 1. The monoisotopic (exact) mass is 505 g/mol. The first kappa shape index (κ1) is 23.2. The number of rotatable bonds is 5. The van der Waals surface area contributed by atoms with Crippen LogP contribution in [0.1, 0.15) is 27.1 Å². The van der Waals surface area contributed by atoms with Crippen molar-refractivity contribution in [2.75, 3.05) is 16.3 Å². The predicted octanol–water partition coefficient (Wildman–Crippen LogP) is 4.01. The number of carbonyl (C=O) groups is 4. The van der Waals surface area contributed by atoms with Crippen LogP contribution in [0.15, 0.2) is 66.7 Å². The zero-order valence-electron chi connectivity index (χ0n) is 18.4. The van der Waals surface area contributed by atoms with Crippen LogP contribution in [-0.4, -0.2) is 35.2 Å². The average molecular weight is 506 g/mol. The standard InChI is InChI=1S/C25H16ClN3O7/c26-15-4-1-5-16(11-15)27-13-14(10-21(27)30)25(33)36-18-7-2-6-17(12-18)28-23(31)19-8-3-9-20(29(34)35)22(19)24(28)32/h1-9,11-12,14H,10,13H2/t14-/m1/s1. The van der Waals surface area contributed by atoms with Crippen LogP contribution in [0.3, 0.4) is 0 Å². The number of hydrogen-bond donors (Lipinski definition) is 0. The zero-order chi connectivity index (χ0) is 25.6. The predicted molar refractivity (Wildman–Crippen MR) is 128 cm³/mol. The highest BCUT2D eigenvalue weighted by Gasteiger charge is 2.42. The smallest absolute Gasteiger partial charge is 0.316 e. The summed E-state index contributed by atoms with van der Waals surface area (Å²) < 4.78 is 5.46. The highest BCUT2D eigenvalue weighted by atomic mass is 35.5. The molecule has 3 amide bonds. The number of halogens is 1. The van der Waals surface area contributed by atoms with Gasteiger partial charge in [0.05, 0.1) is 22.1 Å². The number of carbonyl (C=O) groups excluding carboxylic acids is 4. The summed E-state index contributed by atoms with van der Waals surface area (Å²) in [7, 11) is 0. The molecular formula is C25H16ClN3O7. The maximum Gasteiger partial charge on any atom is 0.316 e. The Hall–Kier alpha value is -4.57. The molecular weight excluding hydrogens is 490 g/mol. The van der Waals surface area contributed by atoms with E-state index in [1.165, 1.54) is 41.3 Å². The molecule has 2 aliphatic heterocycles. The molecule has 2 aliphatic rings. The Balaban J connectivity index is 1.34. The summed E-state index contributed by atoms with van der Waals surface area (Å²) in [4.78, 5) is 64.0. The van der Waals surface area contributed by atoms with Gasteiger partial charge in [-0.25, -0.2) is 4.90 Å². The number of nitrogens with zero attached hydrogens (tertiary/aromatic N) is 3. The normalized spacial score (nSPS) is 16.9. The molecule has 3 aromatic carbocycles. The first-order valence-electron chi connectivity index (χ1n) is 10.8. The van der Waals surface area contributed by atoms with Gasteiger partial charge in [-0.3, -0.25) is 29.3 Å². The maximum absolute atomic E-state index is 12.9. The lowest BCUT2D eigenvalue weighted by atomic mass is 10.1. The van der Waals surface area contributed by atoms with Gasteiger partial charge in [0, 0.05) is 35.8 Å². The van der Waals surface area contributed by atoms with Gasteiger partial charge in [-0.1, -0.05) is 29.8 Å². The van der Waals surface area contributed by atoms with Crippen molar-refractivity contribution < 1.29 is 28.8 Å². The number of nitro benzene ring substituents is 1. The number of anilines is 2. The van der Waals surface area contributed by atoms with Gasteiger partial charge in [0.15, 0.2) is 0 Å². The molecule has 10 nitrogen and oxygen atoms in total. The summed E-state index contributed by atoms with van der Waals surface area (Å²) in [6.45, 7) is 0.111. The van der Waals surface area contributed by atoms with Crippen LogP contribution in [0.25, 0.3) is 0 Å². The zero-order valence-corrected chi connectivity index (χ0v) is 19.2. The highest BCUT2D eigenvalue weighted by Crippen LogP contribution is 2.35. The summed E-state index contributed by atoms with van der Waals surface area (Å²) in [5, 5.41) is 11.8. The van der Waals surface area contributed by atoms with E-state index in [9.17, 15) is 29.3 Å². The molecule has 5 rings (SSSR count). The number of hydrogen-bond acceptors (Lipinski definition) is 7. The third-order valence-electron chi connectivity index (χ3n) is 5.96. The van der Waals surface area contributed by atoms with Crippen molar-refractivity contribution in [1.82, 2.24) is 0 Å². The Morgan fingerprint density at radius 2 is 1.69 bits per heavy atom. The number of fused-ring (bicyclic) bond motifs is 1. The van der Waals surface area contributed by atoms with E-state index in [2.05, 4.69) is 0 Å². The minimum Gasteiger partial charge on any atom is -0.426 e. The van der Waals surface area contributed by atoms with Crippen molar-refractivity contribution in [1.29, 1.82) is 0 Å². The third kappa shape index (κ3) is 3.97. The quantitative estimate of drug-likeness (QED) is 0.168. The molecule has 0 aromatic heterocycles. The van der Waals surface area contributed by atoms with Crippen molar-refractivity contribution in [3.05, 3.63) is 93.0 Å². The lowest BCUT2D eigenvalue weighted by molar-refractivity contribution is -0.385. The van der Waals surface area contributed by atoms with Crippen molar-refractivity contribution in [2.45, 2.75) is 6.42 Å². The summed E-state index contributed by atoms with van der Waals surface area (Å²) in [6.07, 6.45) is -0.0485. The van der Waals surface area contributed by atoms with Gasteiger partial charge in [-0.05, 0) is 36.4 Å². The van der Waals surface area contributed by atoms with Gasteiger partial charge >= 0.3 is 5.97 Å². The van der Waals surface area contributed by atoms with E-state index in [-0.39, 0.29) is 41.4 Å². The second kappa shape index (κ2) is 8.90. The molecule has 3 aromatic rings. The topological polar surface area (TPSA) is 127 Å². The lowest BCUT2D eigenvalue weighted by Crippen LogP contribution is -2.29. The Morgan fingerprint density at radius 3 is 2.44 bits per heavy atom. The molecule has 0 spiro atoms. The Kier molecular flexibility index (Phi) is 5.73. The molecule has 0 unspecified atom stereocenters. The second-order valence-corrected chi connectivity index (χ2v) is 8.64. The van der Waals surface area contributed by atoms with Crippen molar-refractivity contribution >= 4 is 52.4 Å². The largest absolute Gasteiger partial charge is 0.426 e. The van der Waals surface area contributed by atoms with Crippen molar-refractivity contribution in [3.63, 3.8) is 0 Å². The number of amides is 3. The van der Waals surface area contributed by atoms with Crippen LogP contribution in [0.4, 0.5) is 17.1 Å². The number of nitro groups is 1.